The van der Waals surface area contributed by atoms with Crippen molar-refractivity contribution < 1.29 is 19.2 Å². The van der Waals surface area contributed by atoms with Gasteiger partial charge in [-0.15, -0.1) is 0 Å². The van der Waals surface area contributed by atoms with Gasteiger partial charge >= 0.3 is 5.97 Å². The van der Waals surface area contributed by atoms with E-state index >= 15 is 0 Å². The van der Waals surface area contributed by atoms with Crippen molar-refractivity contribution in [3.05, 3.63) is 28.3 Å². The maximum Gasteiger partial charge on any atom is 0.311 e. The van der Waals surface area contributed by atoms with Gasteiger partial charge in [0.05, 0.1) is 18.1 Å². The Morgan fingerprint density at radius 3 is 2.63 bits per heavy atom. The van der Waals surface area contributed by atoms with Gasteiger partial charge in [-0.3, -0.25) is 14.9 Å². The minimum Gasteiger partial charge on any atom is -0.493 e. The molecule has 0 saturated carbocycles. The van der Waals surface area contributed by atoms with Gasteiger partial charge in [-0.25, -0.2) is 0 Å². The van der Waals surface area contributed by atoms with E-state index in [1.54, 1.807) is 0 Å². The van der Waals surface area contributed by atoms with Crippen molar-refractivity contribution in [2.24, 2.45) is 0 Å². The van der Waals surface area contributed by atoms with Gasteiger partial charge in [0.2, 0.25) is 0 Å². The Hall–Kier alpha value is -2.11. The van der Waals surface area contributed by atoms with Crippen LogP contribution in [-0.2, 0) is 4.79 Å². The lowest BCUT2D eigenvalue weighted by molar-refractivity contribution is -0.384. The Labute approximate surface area is 111 Å². The molecule has 6 nitrogen and oxygen atoms in total. The molecule has 0 atom stereocenters. The molecule has 0 bridgehead atoms. The van der Waals surface area contributed by atoms with Gasteiger partial charge in [0, 0.05) is 12.5 Å². The zero-order valence-corrected chi connectivity index (χ0v) is 11.0. The van der Waals surface area contributed by atoms with E-state index < -0.39 is 10.9 Å². The van der Waals surface area contributed by atoms with Gasteiger partial charge in [0.1, 0.15) is 0 Å². The summed E-state index contributed by atoms with van der Waals surface area (Å²) in [6.07, 6.45) is 2.99. The first kappa shape index (κ1) is 14.9. The van der Waals surface area contributed by atoms with Gasteiger partial charge < -0.3 is 9.47 Å². The molecule has 0 unspecified atom stereocenters. The molecule has 6 heteroatoms. The Balaban J connectivity index is 2.77. The van der Waals surface area contributed by atoms with E-state index in [1.807, 2.05) is 6.92 Å². The van der Waals surface area contributed by atoms with Gasteiger partial charge in [0.25, 0.3) is 5.69 Å². The highest BCUT2D eigenvalue weighted by molar-refractivity contribution is 5.73. The lowest BCUT2D eigenvalue weighted by atomic mass is 10.2. The van der Waals surface area contributed by atoms with E-state index in [1.165, 1.54) is 25.3 Å². The number of nitro benzene ring substituents is 1. The van der Waals surface area contributed by atoms with Gasteiger partial charge in [0.15, 0.2) is 11.5 Å². The maximum atomic E-state index is 11.6. The van der Waals surface area contributed by atoms with Gasteiger partial charge in [-0.2, -0.15) is 0 Å². The predicted octanol–water partition coefficient (Wildman–Crippen LogP) is 3.09. The monoisotopic (exact) mass is 267 g/mol. The molecular weight excluding hydrogens is 250 g/mol. The Morgan fingerprint density at radius 2 is 2.05 bits per heavy atom. The summed E-state index contributed by atoms with van der Waals surface area (Å²) in [7, 11) is 1.41. The fourth-order valence-corrected chi connectivity index (χ4v) is 1.55. The Morgan fingerprint density at radius 1 is 1.32 bits per heavy atom. The third-order valence-corrected chi connectivity index (χ3v) is 2.57. The summed E-state index contributed by atoms with van der Waals surface area (Å²) in [5, 5.41) is 10.7. The largest absolute Gasteiger partial charge is 0.493 e. The van der Waals surface area contributed by atoms with Crippen LogP contribution in [0.2, 0.25) is 0 Å². The second-order valence-electron chi connectivity index (χ2n) is 4.02. The molecule has 0 saturated heterocycles. The molecule has 0 N–H and O–H groups in total. The zero-order chi connectivity index (χ0) is 14.3. The summed E-state index contributed by atoms with van der Waals surface area (Å²) in [5.41, 5.74) is -0.142. The molecule has 0 aromatic heterocycles. The third-order valence-electron chi connectivity index (χ3n) is 2.57. The minimum atomic E-state index is -0.548. The number of benzene rings is 1. The number of rotatable bonds is 7. The predicted molar refractivity (Wildman–Crippen MR) is 69.4 cm³/mol. The summed E-state index contributed by atoms with van der Waals surface area (Å²) in [5.74, 6) is -0.0279. The average Bonchev–Trinajstić information content (AvgIpc) is 2.38. The van der Waals surface area contributed by atoms with E-state index in [0.29, 0.717) is 12.2 Å². The lowest BCUT2D eigenvalue weighted by Crippen LogP contribution is -2.08. The molecule has 0 fully saturated rings. The first-order chi connectivity index (χ1) is 9.08. The number of non-ortho nitro benzene ring substituents is 1. The highest BCUT2D eigenvalue weighted by Crippen LogP contribution is 2.31. The van der Waals surface area contributed by atoms with Crippen LogP contribution in [-0.4, -0.2) is 18.0 Å². The van der Waals surface area contributed by atoms with E-state index in [4.69, 9.17) is 9.47 Å². The van der Waals surface area contributed by atoms with Crippen LogP contribution < -0.4 is 9.47 Å². The molecule has 0 spiro atoms. The summed E-state index contributed by atoms with van der Waals surface area (Å²) in [4.78, 5) is 21.7. The molecule has 1 aromatic carbocycles. The molecule has 0 aliphatic rings. The Bertz CT molecular complexity index is 458. The molecule has 19 heavy (non-hydrogen) atoms. The highest BCUT2D eigenvalue weighted by Gasteiger charge is 2.15. The topological polar surface area (TPSA) is 78.7 Å². The van der Waals surface area contributed by atoms with Crippen molar-refractivity contribution in [3.8, 4) is 11.5 Å². The molecule has 0 aliphatic heterocycles. The molecule has 0 amide bonds. The Kier molecular flexibility index (Phi) is 5.78. The number of carbonyl (C=O) groups excluding carboxylic acids is 1. The second-order valence-corrected chi connectivity index (χ2v) is 4.02. The molecule has 0 aliphatic carbocycles. The molecule has 0 radical (unpaired) electrons. The SMILES string of the molecule is CCCCCC(=O)Oc1cc([N+](=O)[O-])ccc1OC. The van der Waals surface area contributed by atoms with E-state index in [0.717, 1.165) is 19.3 Å². The summed E-state index contributed by atoms with van der Waals surface area (Å²) < 4.78 is 10.1. The van der Waals surface area contributed by atoms with Crippen molar-refractivity contribution in [3.63, 3.8) is 0 Å². The first-order valence-corrected chi connectivity index (χ1v) is 6.11. The van der Waals surface area contributed by atoms with E-state index in [2.05, 4.69) is 0 Å². The zero-order valence-electron chi connectivity index (χ0n) is 11.0. The van der Waals surface area contributed by atoms with Crippen LogP contribution in [0.1, 0.15) is 32.6 Å². The molecular formula is C13H17NO5. The van der Waals surface area contributed by atoms with Crippen molar-refractivity contribution in [1.82, 2.24) is 0 Å². The average molecular weight is 267 g/mol. The molecule has 1 rings (SSSR count). The van der Waals surface area contributed by atoms with Crippen molar-refractivity contribution in [2.45, 2.75) is 32.6 Å². The smallest absolute Gasteiger partial charge is 0.311 e. The lowest BCUT2D eigenvalue weighted by Gasteiger charge is -2.08. The molecule has 1 aromatic rings. The van der Waals surface area contributed by atoms with Crippen LogP contribution >= 0.6 is 0 Å². The molecule has 104 valence electrons. The summed E-state index contributed by atoms with van der Waals surface area (Å²) >= 11 is 0. The second kappa shape index (κ2) is 7.35. The van der Waals surface area contributed by atoms with E-state index in [-0.39, 0.29) is 11.4 Å². The van der Waals surface area contributed by atoms with Crippen LogP contribution in [0, 0.1) is 10.1 Å². The number of nitro groups is 1. The van der Waals surface area contributed by atoms with Crippen LogP contribution in [0.5, 0.6) is 11.5 Å². The van der Waals surface area contributed by atoms with Crippen LogP contribution in [0.25, 0.3) is 0 Å². The fraction of sp³-hybridized carbons (Fsp3) is 0.462. The fourth-order valence-electron chi connectivity index (χ4n) is 1.55. The highest BCUT2D eigenvalue weighted by atomic mass is 16.6. The van der Waals surface area contributed by atoms with Crippen molar-refractivity contribution in [2.75, 3.05) is 7.11 Å². The van der Waals surface area contributed by atoms with Crippen LogP contribution in [0.3, 0.4) is 0 Å². The summed E-state index contributed by atoms with van der Waals surface area (Å²) in [6, 6.07) is 3.90. The maximum absolute atomic E-state index is 11.6. The number of carbonyl (C=O) groups is 1. The number of nitrogens with zero attached hydrogens (tertiary/aromatic N) is 1. The minimum absolute atomic E-state index is 0.0817. The normalized spacial score (nSPS) is 10.0. The number of hydrogen-bond acceptors (Lipinski definition) is 5. The number of methoxy groups -OCH3 is 1. The third kappa shape index (κ3) is 4.57. The standard InChI is InChI=1S/C13H17NO5/c1-3-4-5-6-13(15)19-12-9-10(14(16)17)7-8-11(12)18-2/h7-9H,3-6H2,1-2H3. The van der Waals surface area contributed by atoms with Crippen LogP contribution in [0.15, 0.2) is 18.2 Å². The van der Waals surface area contributed by atoms with Crippen molar-refractivity contribution >= 4 is 11.7 Å². The number of ether oxygens (including phenoxy) is 2. The quantitative estimate of drug-likeness (QED) is 0.249. The number of esters is 1. The van der Waals surface area contributed by atoms with Gasteiger partial charge in [-0.1, -0.05) is 19.8 Å². The first-order valence-electron chi connectivity index (χ1n) is 6.11. The molecule has 0 heterocycles. The van der Waals surface area contributed by atoms with Crippen molar-refractivity contribution in [1.29, 1.82) is 0 Å². The number of unbranched alkanes of at least 4 members (excludes halogenated alkanes) is 2. The number of hydrogen-bond donors (Lipinski definition) is 0. The van der Waals surface area contributed by atoms with Crippen LogP contribution in [0.4, 0.5) is 5.69 Å². The van der Waals surface area contributed by atoms with Gasteiger partial charge in [-0.05, 0) is 12.5 Å². The van der Waals surface area contributed by atoms with E-state index in [9.17, 15) is 14.9 Å². The summed E-state index contributed by atoms with van der Waals surface area (Å²) in [6.45, 7) is 2.04.